The highest BCUT2D eigenvalue weighted by Crippen LogP contribution is 2.07. The van der Waals surface area contributed by atoms with E-state index in [1.54, 1.807) is 0 Å². The van der Waals surface area contributed by atoms with Crippen LogP contribution in [0.25, 0.3) is 0 Å². The predicted octanol–water partition coefficient (Wildman–Crippen LogP) is 0.726. The zero-order chi connectivity index (χ0) is 12.6. The smallest absolute Gasteiger partial charge is 0.313 e. The van der Waals surface area contributed by atoms with Crippen molar-refractivity contribution in [1.82, 2.24) is 0 Å². The van der Waals surface area contributed by atoms with Gasteiger partial charge in [-0.25, -0.2) is 0 Å². The second-order valence-corrected chi connectivity index (χ2v) is 3.14. The minimum atomic E-state index is -0.562. The Balaban J connectivity index is 0.000000293. The molecule has 0 saturated carbocycles. The van der Waals surface area contributed by atoms with Gasteiger partial charge in [-0.3, -0.25) is 19.2 Å². The summed E-state index contributed by atoms with van der Waals surface area (Å²) in [5, 5.41) is 0. The third kappa shape index (κ3) is 8.86. The molecule has 0 aromatic heterocycles. The average Bonchev–Trinajstić information content (AvgIpc) is 2.27. The maximum Gasteiger partial charge on any atom is 0.313 e. The van der Waals surface area contributed by atoms with Gasteiger partial charge in [-0.2, -0.15) is 0 Å². The van der Waals surface area contributed by atoms with Crippen LogP contribution in [-0.2, 0) is 28.7 Å². The van der Waals surface area contributed by atoms with E-state index in [2.05, 4.69) is 9.47 Å². The van der Waals surface area contributed by atoms with Crippen LogP contribution in [0.15, 0.2) is 0 Å². The average molecular weight is 230 g/mol. The topological polar surface area (TPSA) is 86.7 Å². The van der Waals surface area contributed by atoms with E-state index in [9.17, 15) is 19.2 Å². The van der Waals surface area contributed by atoms with Gasteiger partial charge in [-0.15, -0.1) is 0 Å². The van der Waals surface area contributed by atoms with Crippen LogP contribution >= 0.6 is 0 Å². The van der Waals surface area contributed by atoms with E-state index in [4.69, 9.17) is 0 Å². The number of carbonyl (C=O) groups excluding carboxylic acids is 4. The summed E-state index contributed by atoms with van der Waals surface area (Å²) < 4.78 is 8.31. The number of hydrogen-bond acceptors (Lipinski definition) is 6. The lowest BCUT2D eigenvalue weighted by Gasteiger charge is -1.92. The third-order valence-electron chi connectivity index (χ3n) is 1.53. The van der Waals surface area contributed by atoms with Gasteiger partial charge in [-0.05, 0) is 12.8 Å². The fourth-order valence-corrected chi connectivity index (χ4v) is 0.970. The van der Waals surface area contributed by atoms with Crippen molar-refractivity contribution in [2.75, 3.05) is 0 Å². The molecule has 6 heteroatoms. The summed E-state index contributed by atoms with van der Waals surface area (Å²) in [6.45, 7) is 2.36. The Morgan fingerprint density at radius 3 is 1.62 bits per heavy atom. The summed E-state index contributed by atoms with van der Waals surface area (Å²) in [7, 11) is 0. The fraction of sp³-hybridized carbons (Fsp3) is 0.600. The Kier molecular flexibility index (Phi) is 6.74. The second kappa shape index (κ2) is 7.56. The zero-order valence-corrected chi connectivity index (χ0v) is 9.28. The number of esters is 4. The standard InChI is InChI=1S/C6H8O3.C4H6O3/c7-5-3-1-2-4-6(8)9-5;1-3(5)7-4(2)6/h1-4H2;1-2H3. The van der Waals surface area contributed by atoms with Crippen molar-refractivity contribution in [1.29, 1.82) is 0 Å². The SMILES string of the molecule is CC(=O)OC(C)=O.O=C1CCCCC(=O)O1. The van der Waals surface area contributed by atoms with E-state index in [1.165, 1.54) is 13.8 Å². The first-order valence-corrected chi connectivity index (χ1v) is 4.84. The van der Waals surface area contributed by atoms with Crippen LogP contribution in [0.3, 0.4) is 0 Å². The molecule has 1 aliphatic rings. The Bertz CT molecular complexity index is 266. The summed E-state index contributed by atoms with van der Waals surface area (Å²) in [4.78, 5) is 40.5. The van der Waals surface area contributed by atoms with Crippen LogP contribution in [-0.4, -0.2) is 23.9 Å². The molecule has 0 atom stereocenters. The summed E-state index contributed by atoms with van der Waals surface area (Å²) in [5.41, 5.74) is 0. The van der Waals surface area contributed by atoms with Crippen molar-refractivity contribution in [3.63, 3.8) is 0 Å². The number of rotatable bonds is 0. The quantitative estimate of drug-likeness (QED) is 0.450. The maximum atomic E-state index is 10.5. The molecule has 1 heterocycles. The number of cyclic esters (lactones) is 2. The van der Waals surface area contributed by atoms with Crippen LogP contribution in [0.5, 0.6) is 0 Å². The normalized spacial score (nSPS) is 15.1. The molecule has 16 heavy (non-hydrogen) atoms. The predicted molar refractivity (Wildman–Crippen MR) is 52.0 cm³/mol. The number of ether oxygens (including phenoxy) is 2. The molecule has 0 unspecified atom stereocenters. The van der Waals surface area contributed by atoms with Gasteiger partial charge >= 0.3 is 23.9 Å². The first kappa shape index (κ1) is 14.3. The van der Waals surface area contributed by atoms with Crippen molar-refractivity contribution >= 4 is 23.9 Å². The van der Waals surface area contributed by atoms with Crippen molar-refractivity contribution < 1.29 is 28.7 Å². The van der Waals surface area contributed by atoms with Gasteiger partial charge < -0.3 is 9.47 Å². The zero-order valence-electron chi connectivity index (χ0n) is 9.28. The molecular formula is C10H14O6. The van der Waals surface area contributed by atoms with Crippen molar-refractivity contribution in [2.45, 2.75) is 39.5 Å². The van der Waals surface area contributed by atoms with E-state index < -0.39 is 11.9 Å². The highest BCUT2D eigenvalue weighted by atomic mass is 16.6. The lowest BCUT2D eigenvalue weighted by molar-refractivity contribution is -0.159. The molecule has 0 bridgehead atoms. The van der Waals surface area contributed by atoms with Crippen LogP contribution in [0.4, 0.5) is 0 Å². The van der Waals surface area contributed by atoms with Gasteiger partial charge in [0.1, 0.15) is 0 Å². The van der Waals surface area contributed by atoms with Gasteiger partial charge in [0, 0.05) is 26.7 Å². The molecule has 0 amide bonds. The molecule has 1 saturated heterocycles. The van der Waals surface area contributed by atoms with E-state index in [1.807, 2.05) is 0 Å². The molecule has 0 aliphatic carbocycles. The minimum absolute atomic E-state index is 0.377. The highest BCUT2D eigenvalue weighted by Gasteiger charge is 2.13. The highest BCUT2D eigenvalue weighted by molar-refractivity contribution is 5.86. The van der Waals surface area contributed by atoms with E-state index in [0.717, 1.165) is 12.8 Å². The summed E-state index contributed by atoms with van der Waals surface area (Å²) >= 11 is 0. The molecule has 0 aromatic carbocycles. The Morgan fingerprint density at radius 2 is 1.38 bits per heavy atom. The van der Waals surface area contributed by atoms with Crippen molar-refractivity contribution in [2.24, 2.45) is 0 Å². The van der Waals surface area contributed by atoms with Crippen LogP contribution in [0, 0.1) is 0 Å². The van der Waals surface area contributed by atoms with Gasteiger partial charge in [-0.1, -0.05) is 0 Å². The molecule has 90 valence electrons. The van der Waals surface area contributed by atoms with Gasteiger partial charge in [0.05, 0.1) is 0 Å². The van der Waals surface area contributed by atoms with E-state index in [-0.39, 0.29) is 11.9 Å². The lowest BCUT2D eigenvalue weighted by Crippen LogP contribution is -2.07. The first-order chi connectivity index (χ1) is 7.41. The Labute approximate surface area is 92.9 Å². The summed E-state index contributed by atoms with van der Waals surface area (Å²) in [6.07, 6.45) is 2.35. The summed E-state index contributed by atoms with van der Waals surface area (Å²) in [5.74, 6) is -1.88. The molecule has 0 spiro atoms. The lowest BCUT2D eigenvalue weighted by atomic mass is 10.2. The van der Waals surface area contributed by atoms with Crippen LogP contribution < -0.4 is 0 Å². The Hall–Kier alpha value is -1.72. The van der Waals surface area contributed by atoms with E-state index in [0.29, 0.717) is 12.8 Å². The number of carbonyl (C=O) groups is 4. The van der Waals surface area contributed by atoms with Crippen molar-refractivity contribution in [3.05, 3.63) is 0 Å². The van der Waals surface area contributed by atoms with E-state index >= 15 is 0 Å². The maximum absolute atomic E-state index is 10.5. The van der Waals surface area contributed by atoms with Gasteiger partial charge in [0.15, 0.2) is 0 Å². The molecule has 0 radical (unpaired) electrons. The molecule has 1 fully saturated rings. The fourth-order valence-electron chi connectivity index (χ4n) is 0.970. The van der Waals surface area contributed by atoms with Gasteiger partial charge in [0.25, 0.3) is 0 Å². The third-order valence-corrected chi connectivity index (χ3v) is 1.53. The largest absolute Gasteiger partial charge is 0.394 e. The van der Waals surface area contributed by atoms with Crippen LogP contribution in [0.2, 0.25) is 0 Å². The monoisotopic (exact) mass is 230 g/mol. The van der Waals surface area contributed by atoms with Crippen LogP contribution in [0.1, 0.15) is 39.5 Å². The molecule has 6 nitrogen and oxygen atoms in total. The molecular weight excluding hydrogens is 216 g/mol. The van der Waals surface area contributed by atoms with Gasteiger partial charge in [0.2, 0.25) is 0 Å². The summed E-state index contributed by atoms with van der Waals surface area (Å²) in [6, 6.07) is 0. The van der Waals surface area contributed by atoms with Crippen molar-refractivity contribution in [3.8, 4) is 0 Å². The minimum Gasteiger partial charge on any atom is -0.394 e. The molecule has 0 aromatic rings. The number of hydrogen-bond donors (Lipinski definition) is 0. The molecule has 1 aliphatic heterocycles. The molecule has 0 N–H and O–H groups in total. The molecule has 1 rings (SSSR count). The first-order valence-electron chi connectivity index (χ1n) is 4.84. The Morgan fingerprint density at radius 1 is 1.00 bits per heavy atom. The second-order valence-electron chi connectivity index (χ2n) is 3.14.